The number of ketones is 1. The second kappa shape index (κ2) is 4.08. The number of Topliss-reactive ketones (excluding diaryl/α,β-unsaturated/α-hetero) is 1. The molecular formula is C13H13FO2. The van der Waals surface area contributed by atoms with Crippen LogP contribution in [0.25, 0.3) is 11.0 Å². The minimum absolute atomic E-state index is 0.0718. The van der Waals surface area contributed by atoms with E-state index in [2.05, 4.69) is 0 Å². The largest absolute Gasteiger partial charge is 0.450 e. The highest BCUT2D eigenvalue weighted by atomic mass is 19.1. The van der Waals surface area contributed by atoms with Crippen LogP contribution in [0.4, 0.5) is 4.39 Å². The Morgan fingerprint density at radius 2 is 2.19 bits per heavy atom. The van der Waals surface area contributed by atoms with Gasteiger partial charge in [-0.1, -0.05) is 13.0 Å². The number of furan rings is 1. The molecule has 2 nitrogen and oxygen atoms in total. The van der Waals surface area contributed by atoms with Gasteiger partial charge in [0.05, 0.1) is 0 Å². The second-order valence-electron chi connectivity index (χ2n) is 3.89. The molecule has 1 heterocycles. The molecule has 0 saturated carbocycles. The summed E-state index contributed by atoms with van der Waals surface area (Å²) >= 11 is 0. The minimum Gasteiger partial charge on any atom is -0.450 e. The average molecular weight is 220 g/mol. The summed E-state index contributed by atoms with van der Waals surface area (Å²) in [5, 5.41) is 0.680. The molecular weight excluding hydrogens is 207 g/mol. The third-order valence-corrected chi connectivity index (χ3v) is 2.61. The number of benzene rings is 1. The Bertz CT molecular complexity index is 501. The van der Waals surface area contributed by atoms with Gasteiger partial charge < -0.3 is 4.42 Å². The summed E-state index contributed by atoms with van der Waals surface area (Å²) in [5.74, 6) is -0.237. The fourth-order valence-corrected chi connectivity index (χ4v) is 1.71. The number of halogens is 1. The van der Waals surface area contributed by atoms with Crippen molar-refractivity contribution in [3.63, 3.8) is 0 Å². The van der Waals surface area contributed by atoms with Gasteiger partial charge in [-0.25, -0.2) is 4.39 Å². The predicted molar refractivity (Wildman–Crippen MR) is 60.1 cm³/mol. The van der Waals surface area contributed by atoms with Crippen molar-refractivity contribution in [2.45, 2.75) is 26.7 Å². The topological polar surface area (TPSA) is 30.2 Å². The van der Waals surface area contributed by atoms with Crippen LogP contribution in [0.3, 0.4) is 0 Å². The summed E-state index contributed by atoms with van der Waals surface area (Å²) in [4.78, 5) is 11.6. The maximum atomic E-state index is 13.4. The number of fused-ring (bicyclic) bond motifs is 1. The Kier molecular flexibility index (Phi) is 2.77. The zero-order valence-electron chi connectivity index (χ0n) is 9.34. The van der Waals surface area contributed by atoms with Gasteiger partial charge in [0.15, 0.2) is 22.9 Å². The van der Waals surface area contributed by atoms with Gasteiger partial charge in [0.2, 0.25) is 0 Å². The van der Waals surface area contributed by atoms with E-state index in [0.29, 0.717) is 11.8 Å². The van der Waals surface area contributed by atoms with E-state index in [9.17, 15) is 9.18 Å². The van der Waals surface area contributed by atoms with Crippen LogP contribution >= 0.6 is 0 Å². The summed E-state index contributed by atoms with van der Waals surface area (Å²) in [6.07, 6.45) is 1.19. The first-order valence-corrected chi connectivity index (χ1v) is 5.35. The van der Waals surface area contributed by atoms with Crippen molar-refractivity contribution >= 4 is 16.8 Å². The molecule has 2 rings (SSSR count). The number of rotatable bonds is 3. The van der Waals surface area contributed by atoms with Crippen LogP contribution in [-0.2, 0) is 0 Å². The van der Waals surface area contributed by atoms with Crippen LogP contribution in [0.1, 0.15) is 35.9 Å². The third-order valence-electron chi connectivity index (χ3n) is 2.61. The number of carbonyl (C=O) groups excluding carboxylic acids is 1. The van der Waals surface area contributed by atoms with Gasteiger partial charge in [-0.15, -0.1) is 0 Å². The maximum Gasteiger partial charge on any atom is 0.198 e. The third kappa shape index (κ3) is 1.73. The molecule has 0 aliphatic carbocycles. The first-order chi connectivity index (χ1) is 7.63. The van der Waals surface area contributed by atoms with E-state index in [0.717, 1.165) is 12.0 Å². The predicted octanol–water partition coefficient (Wildman–Crippen LogP) is 3.86. The van der Waals surface area contributed by atoms with Crippen LogP contribution in [-0.4, -0.2) is 5.78 Å². The Hall–Kier alpha value is -1.64. The number of carbonyl (C=O) groups is 1. The number of aryl methyl sites for hydroxylation is 1. The van der Waals surface area contributed by atoms with Crippen molar-refractivity contribution in [2.24, 2.45) is 0 Å². The van der Waals surface area contributed by atoms with E-state index in [1.54, 1.807) is 12.1 Å². The highest BCUT2D eigenvalue weighted by Gasteiger charge is 2.14. The standard InChI is InChI=1S/C13H13FO2/c1-3-4-11(15)12-7-9-8(2)5-6-10(14)13(9)16-12/h5-7H,3-4H2,1-2H3. The molecule has 0 unspecified atom stereocenters. The highest BCUT2D eigenvalue weighted by molar-refractivity contribution is 5.98. The van der Waals surface area contributed by atoms with E-state index in [1.165, 1.54) is 6.07 Å². The minimum atomic E-state index is -0.420. The molecule has 1 aromatic carbocycles. The summed E-state index contributed by atoms with van der Waals surface area (Å²) in [6, 6.07) is 4.67. The second-order valence-corrected chi connectivity index (χ2v) is 3.89. The molecule has 0 N–H and O–H groups in total. The molecule has 0 aliphatic heterocycles. The van der Waals surface area contributed by atoms with Gasteiger partial charge in [-0.2, -0.15) is 0 Å². The lowest BCUT2D eigenvalue weighted by molar-refractivity contribution is 0.0957. The normalized spacial score (nSPS) is 10.9. The van der Waals surface area contributed by atoms with Gasteiger partial charge in [0.1, 0.15) is 0 Å². The summed E-state index contributed by atoms with van der Waals surface area (Å²) in [5.41, 5.74) is 1.09. The molecule has 84 valence electrons. The van der Waals surface area contributed by atoms with Crippen LogP contribution < -0.4 is 0 Å². The molecule has 16 heavy (non-hydrogen) atoms. The maximum absolute atomic E-state index is 13.4. The molecule has 0 atom stereocenters. The van der Waals surface area contributed by atoms with Gasteiger partial charge in [-0.05, 0) is 31.0 Å². The van der Waals surface area contributed by atoms with Crippen LogP contribution in [0.2, 0.25) is 0 Å². The van der Waals surface area contributed by atoms with Crippen molar-refractivity contribution < 1.29 is 13.6 Å². The van der Waals surface area contributed by atoms with Crippen molar-refractivity contribution in [1.29, 1.82) is 0 Å². The van der Waals surface area contributed by atoms with Crippen LogP contribution in [0.15, 0.2) is 22.6 Å². The molecule has 0 saturated heterocycles. The Morgan fingerprint density at radius 1 is 1.44 bits per heavy atom. The lowest BCUT2D eigenvalue weighted by Gasteiger charge is -1.94. The average Bonchev–Trinajstić information content (AvgIpc) is 2.70. The summed E-state index contributed by atoms with van der Waals surface area (Å²) < 4.78 is 18.7. The van der Waals surface area contributed by atoms with Gasteiger partial charge in [0, 0.05) is 11.8 Å². The first kappa shape index (κ1) is 10.9. The molecule has 1 aromatic heterocycles. The lowest BCUT2D eigenvalue weighted by Crippen LogP contribution is -1.94. The zero-order chi connectivity index (χ0) is 11.7. The monoisotopic (exact) mass is 220 g/mol. The molecule has 0 bridgehead atoms. The Labute approximate surface area is 93.1 Å². The van der Waals surface area contributed by atoms with Crippen molar-refractivity contribution in [3.8, 4) is 0 Å². The summed E-state index contributed by atoms with van der Waals surface area (Å²) in [7, 11) is 0. The van der Waals surface area contributed by atoms with E-state index >= 15 is 0 Å². The number of hydrogen-bond acceptors (Lipinski definition) is 2. The molecule has 2 aromatic rings. The highest BCUT2D eigenvalue weighted by Crippen LogP contribution is 2.26. The molecule has 3 heteroatoms. The Balaban J connectivity index is 2.55. The van der Waals surface area contributed by atoms with Crippen molar-refractivity contribution in [1.82, 2.24) is 0 Å². The number of hydrogen-bond donors (Lipinski definition) is 0. The molecule has 0 radical (unpaired) electrons. The quantitative estimate of drug-likeness (QED) is 0.735. The molecule has 0 spiro atoms. The van der Waals surface area contributed by atoms with E-state index in [1.807, 2.05) is 13.8 Å². The molecule has 0 aliphatic rings. The van der Waals surface area contributed by atoms with E-state index in [4.69, 9.17) is 4.42 Å². The van der Waals surface area contributed by atoms with Crippen LogP contribution in [0.5, 0.6) is 0 Å². The fraction of sp³-hybridized carbons (Fsp3) is 0.308. The van der Waals surface area contributed by atoms with Gasteiger partial charge in [0.25, 0.3) is 0 Å². The van der Waals surface area contributed by atoms with Crippen LogP contribution in [0, 0.1) is 12.7 Å². The first-order valence-electron chi connectivity index (χ1n) is 5.35. The van der Waals surface area contributed by atoms with Crippen molar-refractivity contribution in [3.05, 3.63) is 35.3 Å². The SMILES string of the molecule is CCCC(=O)c1cc2c(C)ccc(F)c2o1. The fourth-order valence-electron chi connectivity index (χ4n) is 1.71. The Morgan fingerprint density at radius 3 is 2.81 bits per heavy atom. The summed E-state index contributed by atoms with van der Waals surface area (Å²) in [6.45, 7) is 3.79. The van der Waals surface area contributed by atoms with Gasteiger partial charge in [-0.3, -0.25) is 4.79 Å². The lowest BCUT2D eigenvalue weighted by atomic mass is 10.1. The van der Waals surface area contributed by atoms with Crippen molar-refractivity contribution in [2.75, 3.05) is 0 Å². The molecule has 0 amide bonds. The van der Waals surface area contributed by atoms with Gasteiger partial charge >= 0.3 is 0 Å². The van der Waals surface area contributed by atoms with E-state index < -0.39 is 5.82 Å². The molecule has 0 fully saturated rings. The van der Waals surface area contributed by atoms with E-state index in [-0.39, 0.29) is 17.1 Å². The smallest absolute Gasteiger partial charge is 0.198 e. The zero-order valence-corrected chi connectivity index (χ0v) is 9.34.